The lowest BCUT2D eigenvalue weighted by molar-refractivity contribution is 0.102. The molecular formula is C21H23FN2O2S2. The molecule has 0 saturated carbocycles. The summed E-state index contributed by atoms with van der Waals surface area (Å²) in [5.41, 5.74) is 2.33. The lowest BCUT2D eigenvalue weighted by Gasteiger charge is -2.08. The van der Waals surface area contributed by atoms with E-state index >= 15 is 0 Å². The molecule has 0 bridgehead atoms. The first kappa shape index (κ1) is 21.9. The van der Waals surface area contributed by atoms with Crippen molar-refractivity contribution in [2.45, 2.75) is 32.1 Å². The van der Waals surface area contributed by atoms with E-state index in [-0.39, 0.29) is 5.56 Å². The molecule has 1 amide bonds. The highest BCUT2D eigenvalue weighted by Crippen LogP contribution is 2.24. The molecule has 7 heteroatoms. The first-order chi connectivity index (χ1) is 13.5. The maximum absolute atomic E-state index is 14.1. The third-order valence-electron chi connectivity index (χ3n) is 3.81. The summed E-state index contributed by atoms with van der Waals surface area (Å²) in [5, 5.41) is 5.74. The van der Waals surface area contributed by atoms with E-state index in [2.05, 4.69) is 17.2 Å². The van der Waals surface area contributed by atoms with Gasteiger partial charge in [0.2, 0.25) is 0 Å². The van der Waals surface area contributed by atoms with Crippen molar-refractivity contribution in [1.29, 1.82) is 0 Å². The second-order valence-electron chi connectivity index (χ2n) is 5.61. The van der Waals surface area contributed by atoms with Crippen molar-refractivity contribution < 1.29 is 13.4 Å². The molecule has 0 aliphatic heterocycles. The number of nitrogens with zero attached hydrogens (tertiary/aromatic N) is 1. The minimum absolute atomic E-state index is 0.0876. The second kappa shape index (κ2) is 10.2. The number of carbonyl (C=O) groups is 1. The summed E-state index contributed by atoms with van der Waals surface area (Å²) < 4.78 is 25.5. The topological polar surface area (TPSA) is 59.1 Å². The zero-order valence-corrected chi connectivity index (χ0v) is 17.9. The Kier molecular flexibility index (Phi) is 8.02. The molecule has 0 saturated heterocycles. The summed E-state index contributed by atoms with van der Waals surface area (Å²) in [6.07, 6.45) is 2.36. The molecule has 1 aromatic heterocycles. The highest BCUT2D eigenvalue weighted by Gasteiger charge is 2.14. The van der Waals surface area contributed by atoms with Gasteiger partial charge in [-0.1, -0.05) is 32.9 Å². The van der Waals surface area contributed by atoms with Crippen LogP contribution in [0.4, 0.5) is 10.1 Å². The number of hydrogen-bond donors (Lipinski definition) is 1. The van der Waals surface area contributed by atoms with Crippen molar-refractivity contribution in [1.82, 2.24) is 4.98 Å². The fourth-order valence-electron chi connectivity index (χ4n) is 2.39. The van der Waals surface area contributed by atoms with Crippen molar-refractivity contribution in [2.75, 3.05) is 11.6 Å². The van der Waals surface area contributed by atoms with Crippen molar-refractivity contribution in [2.24, 2.45) is 0 Å². The zero-order chi connectivity index (χ0) is 20.7. The van der Waals surface area contributed by atoms with Crippen LogP contribution in [-0.2, 0) is 17.2 Å². The van der Waals surface area contributed by atoms with Gasteiger partial charge in [0, 0.05) is 38.6 Å². The molecule has 1 unspecified atom stereocenters. The van der Waals surface area contributed by atoms with Crippen LogP contribution in [0, 0.1) is 5.82 Å². The third-order valence-corrected chi connectivity index (χ3v) is 5.72. The molecule has 28 heavy (non-hydrogen) atoms. The number of aryl methyl sites for hydroxylation is 1. The van der Waals surface area contributed by atoms with E-state index in [1.165, 1.54) is 18.4 Å². The Morgan fingerprint density at radius 2 is 1.86 bits per heavy atom. The molecule has 0 fully saturated rings. The van der Waals surface area contributed by atoms with Gasteiger partial charge in [-0.05, 0) is 36.8 Å². The van der Waals surface area contributed by atoms with E-state index < -0.39 is 22.5 Å². The normalized spacial score (nSPS) is 11.3. The minimum Gasteiger partial charge on any atom is -0.322 e. The van der Waals surface area contributed by atoms with Crippen molar-refractivity contribution in [3.63, 3.8) is 0 Å². The minimum atomic E-state index is -1.30. The van der Waals surface area contributed by atoms with Crippen LogP contribution in [0.15, 0.2) is 52.7 Å². The average molecular weight is 419 g/mol. The summed E-state index contributed by atoms with van der Waals surface area (Å²) in [6, 6.07) is 11.2. The summed E-state index contributed by atoms with van der Waals surface area (Å²) in [4.78, 5) is 17.1. The van der Waals surface area contributed by atoms with Gasteiger partial charge >= 0.3 is 0 Å². The predicted octanol–water partition coefficient (Wildman–Crippen LogP) is 5.53. The van der Waals surface area contributed by atoms with Gasteiger partial charge in [0.25, 0.3) is 5.91 Å². The van der Waals surface area contributed by atoms with E-state index in [1.807, 2.05) is 31.4 Å². The Bertz CT molecular complexity index is 969. The quantitative estimate of drug-likeness (QED) is 0.593. The monoisotopic (exact) mass is 418 g/mol. The Morgan fingerprint density at radius 1 is 1.18 bits per heavy atom. The molecule has 1 atom stereocenters. The maximum Gasteiger partial charge on any atom is 0.258 e. The van der Waals surface area contributed by atoms with Gasteiger partial charge in [-0.2, -0.15) is 0 Å². The number of thiazole rings is 1. The Balaban J connectivity index is 0.00000136. The number of carbonyl (C=O) groups excluding carboxylic acids is 1. The van der Waals surface area contributed by atoms with Crippen molar-refractivity contribution >= 4 is 33.7 Å². The van der Waals surface area contributed by atoms with E-state index in [0.29, 0.717) is 10.6 Å². The molecule has 0 aliphatic rings. The Morgan fingerprint density at radius 3 is 2.39 bits per heavy atom. The van der Waals surface area contributed by atoms with Crippen LogP contribution >= 0.6 is 11.3 Å². The van der Waals surface area contributed by atoms with Gasteiger partial charge in [0.15, 0.2) is 0 Å². The fraction of sp³-hybridized carbons (Fsp3) is 0.238. The van der Waals surface area contributed by atoms with Gasteiger partial charge in [-0.3, -0.25) is 9.00 Å². The Labute approximate surface area is 171 Å². The number of benzene rings is 2. The maximum atomic E-state index is 14.1. The summed E-state index contributed by atoms with van der Waals surface area (Å²) in [7, 11) is -1.30. The van der Waals surface area contributed by atoms with Crippen LogP contribution < -0.4 is 5.32 Å². The van der Waals surface area contributed by atoms with Crippen LogP contribution in [0.3, 0.4) is 0 Å². The predicted molar refractivity (Wildman–Crippen MR) is 115 cm³/mol. The molecule has 0 spiro atoms. The molecule has 0 radical (unpaired) electrons. The largest absolute Gasteiger partial charge is 0.322 e. The SMILES string of the molecule is CC.CCc1nc(-c2ccc(NC(=O)c3ccc(S(C)=O)cc3F)cc2)cs1. The van der Waals surface area contributed by atoms with Crippen molar-refractivity contribution in [3.8, 4) is 11.3 Å². The number of rotatable bonds is 5. The van der Waals surface area contributed by atoms with Crippen molar-refractivity contribution in [3.05, 3.63) is 64.2 Å². The van der Waals surface area contributed by atoms with Gasteiger partial charge in [0.05, 0.1) is 16.3 Å². The molecule has 3 rings (SSSR count). The summed E-state index contributed by atoms with van der Waals surface area (Å²) >= 11 is 1.62. The van der Waals surface area contributed by atoms with Gasteiger partial charge in [-0.15, -0.1) is 11.3 Å². The molecule has 1 N–H and O–H groups in total. The first-order valence-electron chi connectivity index (χ1n) is 8.97. The highest BCUT2D eigenvalue weighted by molar-refractivity contribution is 7.84. The standard InChI is InChI=1S/C19H17FN2O2S2.C2H6/c1-3-18-22-17(11-25-18)12-4-6-13(7-5-12)21-19(23)15-9-8-14(26(2)24)10-16(15)20;1-2/h4-11H,3H2,1-2H3,(H,21,23);1-2H3. The molecule has 0 aliphatic carbocycles. The summed E-state index contributed by atoms with van der Waals surface area (Å²) in [6.45, 7) is 6.06. The molecule has 4 nitrogen and oxygen atoms in total. The summed E-state index contributed by atoms with van der Waals surface area (Å²) in [5.74, 6) is -1.24. The number of aromatic nitrogens is 1. The number of hydrogen-bond acceptors (Lipinski definition) is 4. The average Bonchev–Trinajstić information content (AvgIpc) is 3.19. The van der Waals surface area contributed by atoms with Crippen LogP contribution in [-0.4, -0.2) is 21.4 Å². The van der Waals surface area contributed by atoms with E-state index in [9.17, 15) is 13.4 Å². The molecule has 2 aromatic carbocycles. The van der Waals surface area contributed by atoms with E-state index in [0.717, 1.165) is 28.8 Å². The van der Waals surface area contributed by atoms with Gasteiger partial charge < -0.3 is 5.32 Å². The number of amides is 1. The van der Waals surface area contributed by atoms with Gasteiger partial charge in [-0.25, -0.2) is 9.37 Å². The van der Waals surface area contributed by atoms with Gasteiger partial charge in [0.1, 0.15) is 5.82 Å². The molecular weight excluding hydrogens is 395 g/mol. The van der Waals surface area contributed by atoms with Crippen LogP contribution in [0.25, 0.3) is 11.3 Å². The Hall–Kier alpha value is -2.38. The number of halogens is 1. The highest BCUT2D eigenvalue weighted by atomic mass is 32.2. The number of nitrogens with one attached hydrogen (secondary N) is 1. The van der Waals surface area contributed by atoms with E-state index in [1.54, 1.807) is 23.5 Å². The lowest BCUT2D eigenvalue weighted by Crippen LogP contribution is -2.14. The van der Waals surface area contributed by atoms with Crippen LogP contribution in [0.1, 0.15) is 36.1 Å². The zero-order valence-electron chi connectivity index (χ0n) is 16.3. The first-order valence-corrected chi connectivity index (χ1v) is 11.4. The molecule has 1 heterocycles. The fourth-order valence-corrected chi connectivity index (χ4v) is 3.67. The lowest BCUT2D eigenvalue weighted by atomic mass is 10.1. The van der Waals surface area contributed by atoms with Crippen LogP contribution in [0.5, 0.6) is 0 Å². The molecule has 3 aromatic rings. The molecule has 148 valence electrons. The van der Waals surface area contributed by atoms with E-state index in [4.69, 9.17) is 0 Å². The second-order valence-corrected chi connectivity index (χ2v) is 7.93. The third kappa shape index (κ3) is 5.33. The number of anilines is 1. The van der Waals surface area contributed by atoms with Crippen LogP contribution in [0.2, 0.25) is 0 Å². The smallest absolute Gasteiger partial charge is 0.258 e.